The molecule has 0 aromatic heterocycles. The minimum absolute atomic E-state index is 0.0504. The van der Waals surface area contributed by atoms with Gasteiger partial charge in [0.05, 0.1) is 11.5 Å². The number of nitriles is 1. The highest BCUT2D eigenvalue weighted by atomic mass is 35.5. The molecule has 0 aliphatic carbocycles. The molecule has 5 nitrogen and oxygen atoms in total. The van der Waals surface area contributed by atoms with E-state index in [2.05, 4.69) is 0 Å². The van der Waals surface area contributed by atoms with Gasteiger partial charge in [-0.05, 0) is 55.0 Å². The Balaban J connectivity index is 1.92. The summed E-state index contributed by atoms with van der Waals surface area (Å²) in [6.07, 6.45) is 1.31. The molecule has 0 bridgehead atoms. The fraction of sp³-hybridized carbons (Fsp3) is 0.125. The van der Waals surface area contributed by atoms with Crippen LogP contribution in [0, 0.1) is 11.3 Å². The zero-order chi connectivity index (χ0) is 23.1. The number of allylic oxidation sites excluding steroid dienone is 1. The Kier molecular flexibility index (Phi) is 7.81. The minimum atomic E-state index is -3.94. The van der Waals surface area contributed by atoms with Crippen LogP contribution in [-0.4, -0.2) is 15.0 Å². The van der Waals surface area contributed by atoms with Crippen molar-refractivity contribution in [3.8, 4) is 17.6 Å². The topological polar surface area (TPSA) is 76.4 Å². The van der Waals surface area contributed by atoms with Gasteiger partial charge in [-0.3, -0.25) is 0 Å². The highest BCUT2D eigenvalue weighted by molar-refractivity contribution is 7.95. The number of ether oxygens (including phenoxy) is 2. The Labute approximate surface area is 197 Å². The first-order valence-corrected chi connectivity index (χ1v) is 11.8. The van der Waals surface area contributed by atoms with E-state index in [4.69, 9.17) is 32.7 Å². The summed E-state index contributed by atoms with van der Waals surface area (Å²) in [6, 6.07) is 19.7. The van der Waals surface area contributed by atoms with Gasteiger partial charge in [-0.2, -0.15) is 5.26 Å². The zero-order valence-corrected chi connectivity index (χ0v) is 19.4. The van der Waals surface area contributed by atoms with Crippen LogP contribution in [0.25, 0.3) is 6.08 Å². The van der Waals surface area contributed by atoms with Crippen LogP contribution in [0.1, 0.15) is 18.1 Å². The largest absolute Gasteiger partial charge is 0.490 e. The summed E-state index contributed by atoms with van der Waals surface area (Å²) < 4.78 is 37.1. The molecule has 32 heavy (non-hydrogen) atoms. The molecule has 0 atom stereocenters. The fourth-order valence-electron chi connectivity index (χ4n) is 2.87. The number of sulfone groups is 1. The molecule has 0 saturated heterocycles. The van der Waals surface area contributed by atoms with E-state index in [0.29, 0.717) is 39.3 Å². The molecular formula is C24H19Cl2NO4S. The second-order valence-electron chi connectivity index (χ2n) is 6.56. The standard InChI is InChI=1S/C24H19Cl2NO4S/c1-2-30-24-14-17(13-19(15-27)32(28,29)18-7-4-3-5-8-18)11-12-23(24)31-16-20-21(25)9-6-10-22(20)26/h3-14H,2,16H2,1H3/b19-13-. The van der Waals surface area contributed by atoms with Gasteiger partial charge < -0.3 is 9.47 Å². The molecule has 0 unspecified atom stereocenters. The number of hydrogen-bond donors (Lipinski definition) is 0. The molecule has 0 fully saturated rings. The molecule has 0 saturated carbocycles. The van der Waals surface area contributed by atoms with Crippen LogP contribution in [-0.2, 0) is 16.4 Å². The van der Waals surface area contributed by atoms with Crippen LogP contribution in [0.2, 0.25) is 10.0 Å². The molecule has 0 N–H and O–H groups in total. The maximum atomic E-state index is 12.8. The highest BCUT2D eigenvalue weighted by Gasteiger charge is 2.20. The van der Waals surface area contributed by atoms with Gasteiger partial charge in [0.1, 0.15) is 17.6 Å². The molecule has 3 rings (SSSR count). The fourth-order valence-corrected chi connectivity index (χ4v) is 4.56. The lowest BCUT2D eigenvalue weighted by molar-refractivity contribution is 0.269. The normalized spacial score (nSPS) is 11.6. The van der Waals surface area contributed by atoms with Crippen molar-refractivity contribution in [1.82, 2.24) is 0 Å². The summed E-state index contributed by atoms with van der Waals surface area (Å²) in [5.41, 5.74) is 1.12. The van der Waals surface area contributed by atoms with Gasteiger partial charge in [0, 0.05) is 15.6 Å². The number of nitrogens with zero attached hydrogens (tertiary/aromatic N) is 1. The quantitative estimate of drug-likeness (QED) is 0.348. The lowest BCUT2D eigenvalue weighted by atomic mass is 10.2. The molecule has 0 aliphatic heterocycles. The second kappa shape index (κ2) is 10.6. The molecule has 8 heteroatoms. The third kappa shape index (κ3) is 5.43. The first-order chi connectivity index (χ1) is 15.4. The summed E-state index contributed by atoms with van der Waals surface area (Å²) in [7, 11) is -3.94. The third-order valence-corrected chi connectivity index (χ3v) is 6.84. The summed E-state index contributed by atoms with van der Waals surface area (Å²) >= 11 is 12.4. The van der Waals surface area contributed by atoms with E-state index in [9.17, 15) is 13.7 Å². The molecule has 0 spiro atoms. The van der Waals surface area contributed by atoms with E-state index in [1.807, 2.05) is 6.92 Å². The second-order valence-corrected chi connectivity index (χ2v) is 9.30. The summed E-state index contributed by atoms with van der Waals surface area (Å²) in [5, 5.41) is 10.5. The molecule has 164 valence electrons. The monoisotopic (exact) mass is 487 g/mol. The van der Waals surface area contributed by atoms with Gasteiger partial charge in [-0.1, -0.05) is 53.5 Å². The van der Waals surface area contributed by atoms with Crippen molar-refractivity contribution >= 4 is 39.1 Å². The lowest BCUT2D eigenvalue weighted by Gasteiger charge is -2.14. The average Bonchev–Trinajstić information content (AvgIpc) is 2.79. The Morgan fingerprint density at radius 3 is 2.28 bits per heavy atom. The number of halogens is 2. The smallest absolute Gasteiger partial charge is 0.216 e. The van der Waals surface area contributed by atoms with E-state index in [0.717, 1.165) is 0 Å². The SMILES string of the molecule is CCOc1cc(/C=C(/C#N)S(=O)(=O)c2ccccc2)ccc1OCc1c(Cl)cccc1Cl. The van der Waals surface area contributed by atoms with Crippen molar-refractivity contribution in [2.75, 3.05) is 6.61 Å². The summed E-state index contributed by atoms with van der Waals surface area (Å²) in [4.78, 5) is -0.322. The molecular weight excluding hydrogens is 469 g/mol. The van der Waals surface area contributed by atoms with Crippen molar-refractivity contribution in [3.63, 3.8) is 0 Å². The van der Waals surface area contributed by atoms with E-state index in [-0.39, 0.29) is 16.4 Å². The maximum absolute atomic E-state index is 12.8. The molecule has 0 amide bonds. The van der Waals surface area contributed by atoms with Crippen molar-refractivity contribution in [1.29, 1.82) is 5.26 Å². The summed E-state index contributed by atoms with van der Waals surface area (Å²) in [6.45, 7) is 2.31. The number of benzene rings is 3. The Hall–Kier alpha value is -2.98. The van der Waals surface area contributed by atoms with Gasteiger partial charge >= 0.3 is 0 Å². The number of hydrogen-bond acceptors (Lipinski definition) is 5. The van der Waals surface area contributed by atoms with E-state index in [1.165, 1.54) is 18.2 Å². The van der Waals surface area contributed by atoms with Gasteiger partial charge in [0.15, 0.2) is 11.5 Å². The Morgan fingerprint density at radius 1 is 0.969 bits per heavy atom. The molecule has 3 aromatic rings. The molecule has 0 aliphatic rings. The minimum Gasteiger partial charge on any atom is -0.490 e. The van der Waals surface area contributed by atoms with Gasteiger partial charge in [-0.25, -0.2) is 8.42 Å². The predicted molar refractivity (Wildman–Crippen MR) is 126 cm³/mol. The van der Waals surface area contributed by atoms with Crippen LogP contribution in [0.5, 0.6) is 11.5 Å². The van der Waals surface area contributed by atoms with Crippen LogP contribution >= 0.6 is 23.2 Å². The van der Waals surface area contributed by atoms with E-state index >= 15 is 0 Å². The van der Waals surface area contributed by atoms with Gasteiger partial charge in [0.25, 0.3) is 0 Å². The molecule has 3 aromatic carbocycles. The van der Waals surface area contributed by atoms with E-state index < -0.39 is 9.84 Å². The lowest BCUT2D eigenvalue weighted by Crippen LogP contribution is -2.03. The first kappa shape index (κ1) is 23.7. The third-order valence-electron chi connectivity index (χ3n) is 4.45. The Morgan fingerprint density at radius 2 is 1.66 bits per heavy atom. The van der Waals surface area contributed by atoms with Crippen molar-refractivity contribution < 1.29 is 17.9 Å². The zero-order valence-electron chi connectivity index (χ0n) is 17.1. The van der Waals surface area contributed by atoms with Crippen LogP contribution in [0.15, 0.2) is 76.5 Å². The van der Waals surface area contributed by atoms with Crippen molar-refractivity contribution in [2.45, 2.75) is 18.4 Å². The van der Waals surface area contributed by atoms with Crippen LogP contribution in [0.3, 0.4) is 0 Å². The maximum Gasteiger partial charge on any atom is 0.216 e. The Bertz CT molecular complexity index is 1260. The average molecular weight is 488 g/mol. The van der Waals surface area contributed by atoms with Crippen molar-refractivity contribution in [3.05, 3.63) is 92.8 Å². The highest BCUT2D eigenvalue weighted by Crippen LogP contribution is 2.33. The van der Waals surface area contributed by atoms with Crippen molar-refractivity contribution in [2.24, 2.45) is 0 Å². The molecule has 0 radical (unpaired) electrons. The van der Waals surface area contributed by atoms with Crippen LogP contribution < -0.4 is 9.47 Å². The predicted octanol–water partition coefficient (Wildman–Crippen LogP) is 6.31. The van der Waals surface area contributed by atoms with Crippen LogP contribution in [0.4, 0.5) is 0 Å². The summed E-state index contributed by atoms with van der Waals surface area (Å²) in [5.74, 6) is 0.836. The van der Waals surface area contributed by atoms with Gasteiger partial charge in [0.2, 0.25) is 9.84 Å². The number of rotatable bonds is 8. The van der Waals surface area contributed by atoms with E-state index in [1.54, 1.807) is 60.7 Å². The first-order valence-electron chi connectivity index (χ1n) is 9.61. The molecule has 0 heterocycles. The van der Waals surface area contributed by atoms with Gasteiger partial charge in [-0.15, -0.1) is 0 Å².